The van der Waals surface area contributed by atoms with E-state index in [0.29, 0.717) is 24.3 Å². The minimum absolute atomic E-state index is 0.0388. The minimum atomic E-state index is -3.80. The highest BCUT2D eigenvalue weighted by Crippen LogP contribution is 2.25. The number of piperazine rings is 1. The normalized spacial score (nSPS) is 14.9. The number of methoxy groups -OCH3 is 1. The smallest absolute Gasteiger partial charge is 0.255 e. The monoisotopic (exact) mass is 446 g/mol. The molecule has 1 heterocycles. The Kier molecular flexibility index (Phi) is 6.94. The van der Waals surface area contributed by atoms with Crippen LogP contribution in [0, 0.1) is 0 Å². The van der Waals surface area contributed by atoms with Crippen molar-refractivity contribution in [2.45, 2.75) is 4.90 Å². The van der Waals surface area contributed by atoms with Gasteiger partial charge in [0.2, 0.25) is 10.0 Å². The Morgan fingerprint density at radius 3 is 2.16 bits per heavy atom. The topological polar surface area (TPSA) is 108 Å². The molecule has 2 aromatic rings. The number of nitrogens with one attached hydrogen (secondary N) is 2. The Balaban J connectivity index is 1.72. The van der Waals surface area contributed by atoms with E-state index in [-0.39, 0.29) is 22.1 Å². The van der Waals surface area contributed by atoms with Gasteiger partial charge in [-0.25, -0.2) is 13.1 Å². The van der Waals surface area contributed by atoms with Crippen LogP contribution >= 0.6 is 0 Å². The zero-order valence-corrected chi connectivity index (χ0v) is 18.5. The summed E-state index contributed by atoms with van der Waals surface area (Å²) in [6.07, 6.45) is 0. The van der Waals surface area contributed by atoms with Gasteiger partial charge in [0.25, 0.3) is 11.8 Å². The summed E-state index contributed by atoms with van der Waals surface area (Å²) in [5.74, 6) is -0.380. The molecule has 166 valence electrons. The van der Waals surface area contributed by atoms with Gasteiger partial charge in [0, 0.05) is 43.0 Å². The second-order valence-electron chi connectivity index (χ2n) is 7.20. The molecule has 9 nitrogen and oxygen atoms in total. The van der Waals surface area contributed by atoms with Crippen LogP contribution < -0.4 is 14.8 Å². The van der Waals surface area contributed by atoms with Crippen molar-refractivity contribution in [2.75, 3.05) is 52.7 Å². The summed E-state index contributed by atoms with van der Waals surface area (Å²) in [4.78, 5) is 29.1. The van der Waals surface area contributed by atoms with Gasteiger partial charge in [-0.05, 0) is 56.6 Å². The first-order chi connectivity index (χ1) is 14.7. The highest BCUT2D eigenvalue weighted by molar-refractivity contribution is 7.89. The van der Waals surface area contributed by atoms with Crippen LogP contribution in [0.4, 0.5) is 5.69 Å². The molecule has 0 aromatic heterocycles. The van der Waals surface area contributed by atoms with E-state index in [9.17, 15) is 18.0 Å². The van der Waals surface area contributed by atoms with Crippen molar-refractivity contribution in [3.05, 3.63) is 53.6 Å². The first kappa shape index (κ1) is 22.7. The summed E-state index contributed by atoms with van der Waals surface area (Å²) in [6, 6.07) is 10.8. The fourth-order valence-corrected chi connectivity index (χ4v) is 4.15. The molecule has 2 amide bonds. The van der Waals surface area contributed by atoms with Crippen LogP contribution in [0.15, 0.2) is 47.4 Å². The van der Waals surface area contributed by atoms with Crippen molar-refractivity contribution in [2.24, 2.45) is 0 Å². The van der Waals surface area contributed by atoms with Crippen LogP contribution in [-0.2, 0) is 10.0 Å². The minimum Gasteiger partial charge on any atom is -0.495 e. The van der Waals surface area contributed by atoms with Crippen LogP contribution in [0.25, 0.3) is 0 Å². The van der Waals surface area contributed by atoms with Gasteiger partial charge < -0.3 is 19.9 Å². The quantitative estimate of drug-likeness (QED) is 0.691. The van der Waals surface area contributed by atoms with E-state index in [0.717, 1.165) is 13.1 Å². The van der Waals surface area contributed by atoms with E-state index in [1.54, 1.807) is 24.3 Å². The second kappa shape index (κ2) is 9.46. The molecule has 0 saturated carbocycles. The van der Waals surface area contributed by atoms with Gasteiger partial charge in [-0.15, -0.1) is 0 Å². The molecule has 3 rings (SSSR count). The summed E-state index contributed by atoms with van der Waals surface area (Å²) >= 11 is 0. The average molecular weight is 447 g/mol. The lowest BCUT2D eigenvalue weighted by Gasteiger charge is -2.32. The van der Waals surface area contributed by atoms with E-state index in [4.69, 9.17) is 4.74 Å². The number of hydrogen-bond acceptors (Lipinski definition) is 6. The highest BCUT2D eigenvalue weighted by Gasteiger charge is 2.22. The number of likely N-dealkylation sites (N-methyl/N-ethyl adjacent to an activating group) is 1. The van der Waals surface area contributed by atoms with Gasteiger partial charge in [-0.3, -0.25) is 9.59 Å². The van der Waals surface area contributed by atoms with Crippen molar-refractivity contribution >= 4 is 27.5 Å². The Morgan fingerprint density at radius 1 is 0.968 bits per heavy atom. The Morgan fingerprint density at radius 2 is 1.58 bits per heavy atom. The van der Waals surface area contributed by atoms with E-state index in [1.807, 2.05) is 11.9 Å². The van der Waals surface area contributed by atoms with E-state index in [1.165, 1.54) is 32.4 Å². The molecular formula is C21H26N4O5S. The number of ether oxygens (including phenoxy) is 1. The number of benzene rings is 2. The SMILES string of the molecule is CNS(=O)(=O)c1cc(C(=O)Nc2ccc(C(=O)N3CCN(C)CC3)cc2)ccc1OC. The number of anilines is 1. The molecule has 10 heteroatoms. The Labute approximate surface area is 182 Å². The van der Waals surface area contributed by atoms with Crippen LogP contribution in [0.3, 0.4) is 0 Å². The number of hydrogen-bond donors (Lipinski definition) is 2. The molecule has 1 aliphatic rings. The molecule has 2 aromatic carbocycles. The number of nitrogens with zero attached hydrogens (tertiary/aromatic N) is 2. The number of amides is 2. The predicted octanol–water partition coefficient (Wildman–Crippen LogP) is 1.24. The van der Waals surface area contributed by atoms with Gasteiger partial charge in [0.15, 0.2) is 0 Å². The Hall–Kier alpha value is -2.95. The molecule has 0 spiro atoms. The summed E-state index contributed by atoms with van der Waals surface area (Å²) in [7, 11) is 0.868. The first-order valence-corrected chi connectivity index (χ1v) is 11.2. The first-order valence-electron chi connectivity index (χ1n) is 9.76. The summed E-state index contributed by atoms with van der Waals surface area (Å²) in [5.41, 5.74) is 1.20. The maximum absolute atomic E-state index is 12.6. The number of carbonyl (C=O) groups is 2. The van der Waals surface area contributed by atoms with Crippen molar-refractivity contribution in [1.82, 2.24) is 14.5 Å². The van der Waals surface area contributed by atoms with Crippen LogP contribution in [0.1, 0.15) is 20.7 Å². The van der Waals surface area contributed by atoms with Crippen molar-refractivity contribution in [1.29, 1.82) is 0 Å². The van der Waals surface area contributed by atoms with Gasteiger partial charge >= 0.3 is 0 Å². The molecule has 31 heavy (non-hydrogen) atoms. The number of carbonyl (C=O) groups excluding carboxylic acids is 2. The van der Waals surface area contributed by atoms with Crippen LogP contribution in [-0.4, -0.2) is 77.4 Å². The molecule has 0 bridgehead atoms. The maximum Gasteiger partial charge on any atom is 0.255 e. The third-order valence-electron chi connectivity index (χ3n) is 5.16. The fourth-order valence-electron chi connectivity index (χ4n) is 3.23. The van der Waals surface area contributed by atoms with E-state index < -0.39 is 15.9 Å². The standard InChI is InChI=1S/C21H26N4O5S/c1-22-31(28,29)19-14-16(6-9-18(19)30-3)20(26)23-17-7-4-15(5-8-17)21(27)25-12-10-24(2)11-13-25/h4-9,14,22H,10-13H2,1-3H3,(H,23,26). The summed E-state index contributed by atoms with van der Waals surface area (Å²) in [6.45, 7) is 3.05. The lowest BCUT2D eigenvalue weighted by atomic mass is 10.1. The van der Waals surface area contributed by atoms with Crippen molar-refractivity contribution in [3.63, 3.8) is 0 Å². The zero-order chi connectivity index (χ0) is 22.6. The molecule has 0 radical (unpaired) electrons. The molecule has 1 aliphatic heterocycles. The molecule has 0 atom stereocenters. The van der Waals surface area contributed by atoms with Gasteiger partial charge in [-0.2, -0.15) is 0 Å². The predicted molar refractivity (Wildman–Crippen MR) is 117 cm³/mol. The van der Waals surface area contributed by atoms with Gasteiger partial charge in [0.05, 0.1) is 7.11 Å². The molecule has 0 aliphatic carbocycles. The molecule has 1 fully saturated rings. The Bertz CT molecular complexity index is 1060. The number of rotatable bonds is 6. The average Bonchev–Trinajstić information content (AvgIpc) is 2.79. The molecule has 2 N–H and O–H groups in total. The second-order valence-corrected chi connectivity index (χ2v) is 9.06. The molecule has 1 saturated heterocycles. The lowest BCUT2D eigenvalue weighted by Crippen LogP contribution is -2.47. The fraction of sp³-hybridized carbons (Fsp3) is 0.333. The third-order valence-corrected chi connectivity index (χ3v) is 6.60. The van der Waals surface area contributed by atoms with Gasteiger partial charge in [-0.1, -0.05) is 0 Å². The molecular weight excluding hydrogens is 420 g/mol. The molecule has 0 unspecified atom stereocenters. The highest BCUT2D eigenvalue weighted by atomic mass is 32.2. The van der Waals surface area contributed by atoms with Crippen molar-refractivity contribution in [3.8, 4) is 5.75 Å². The lowest BCUT2D eigenvalue weighted by molar-refractivity contribution is 0.0664. The van der Waals surface area contributed by atoms with E-state index >= 15 is 0 Å². The van der Waals surface area contributed by atoms with Crippen LogP contribution in [0.2, 0.25) is 0 Å². The van der Waals surface area contributed by atoms with Crippen molar-refractivity contribution < 1.29 is 22.7 Å². The number of sulfonamides is 1. The zero-order valence-electron chi connectivity index (χ0n) is 17.7. The third kappa shape index (κ3) is 5.22. The van der Waals surface area contributed by atoms with Gasteiger partial charge in [0.1, 0.15) is 10.6 Å². The summed E-state index contributed by atoms with van der Waals surface area (Å²) < 4.78 is 31.7. The largest absolute Gasteiger partial charge is 0.495 e. The maximum atomic E-state index is 12.6. The summed E-state index contributed by atoms with van der Waals surface area (Å²) in [5, 5.41) is 2.72. The van der Waals surface area contributed by atoms with Crippen LogP contribution in [0.5, 0.6) is 5.75 Å². The van der Waals surface area contributed by atoms with E-state index in [2.05, 4.69) is 14.9 Å².